The zero-order valence-corrected chi connectivity index (χ0v) is 6.87. The minimum absolute atomic E-state index is 0.167. The normalized spacial score (nSPS) is 9.10. The van der Waals surface area contributed by atoms with Gasteiger partial charge in [-0.15, -0.1) is 0 Å². The van der Waals surface area contributed by atoms with Crippen molar-refractivity contribution in [2.45, 2.75) is 39.8 Å². The molecule has 0 radical (unpaired) electrons. The molecule has 0 saturated heterocycles. The van der Waals surface area contributed by atoms with Crippen molar-refractivity contribution < 1.29 is 10.0 Å². The van der Waals surface area contributed by atoms with Crippen LogP contribution in [0.5, 0.6) is 0 Å². The molecule has 0 aromatic rings. The van der Waals surface area contributed by atoms with E-state index >= 15 is 0 Å². The first-order valence-corrected chi connectivity index (χ1v) is 3.19. The Kier molecular flexibility index (Phi) is 7.82. The van der Waals surface area contributed by atoms with Gasteiger partial charge in [0.05, 0.1) is 0 Å². The molecule has 0 bridgehead atoms. The lowest BCUT2D eigenvalue weighted by Crippen LogP contribution is -2.08. The molecule has 0 rings (SSSR count). The summed E-state index contributed by atoms with van der Waals surface area (Å²) < 4.78 is 0. The van der Waals surface area contributed by atoms with Crippen LogP contribution in [-0.4, -0.2) is 22.2 Å². The van der Waals surface area contributed by atoms with Crippen LogP contribution in [0, 0.1) is 10.1 Å². The van der Waals surface area contributed by atoms with E-state index in [0.717, 1.165) is 0 Å². The lowest BCUT2D eigenvalue weighted by molar-refractivity contribution is -0.513. The van der Waals surface area contributed by atoms with E-state index < -0.39 is 6.04 Å². The van der Waals surface area contributed by atoms with Gasteiger partial charge in [-0.3, -0.25) is 10.1 Å². The van der Waals surface area contributed by atoms with Crippen molar-refractivity contribution in [1.82, 2.24) is 0 Å². The van der Waals surface area contributed by atoms with Gasteiger partial charge in [0.1, 0.15) is 0 Å². The number of hydrogen-bond acceptors (Lipinski definition) is 3. The molecule has 0 aliphatic rings. The van der Waals surface area contributed by atoms with Crippen molar-refractivity contribution in [2.24, 2.45) is 0 Å². The van der Waals surface area contributed by atoms with Gasteiger partial charge in [-0.1, -0.05) is 0 Å². The van der Waals surface area contributed by atoms with Gasteiger partial charge < -0.3 is 5.11 Å². The van der Waals surface area contributed by atoms with Gasteiger partial charge in [-0.25, -0.2) is 0 Å². The van der Waals surface area contributed by atoms with Gasteiger partial charge in [0.25, 0.3) is 0 Å². The van der Waals surface area contributed by atoms with Crippen LogP contribution in [0.3, 0.4) is 0 Å². The predicted molar refractivity (Wildman–Crippen MR) is 39.5 cm³/mol. The molecule has 0 amide bonds. The van der Waals surface area contributed by atoms with Crippen molar-refractivity contribution >= 4 is 0 Å². The van der Waals surface area contributed by atoms with E-state index in [1.807, 2.05) is 0 Å². The Morgan fingerprint density at radius 2 is 1.40 bits per heavy atom. The van der Waals surface area contributed by atoms with Gasteiger partial charge in [0, 0.05) is 24.9 Å². The summed E-state index contributed by atoms with van der Waals surface area (Å²) in [6.45, 7) is 6.53. The maximum atomic E-state index is 9.50. The summed E-state index contributed by atoms with van der Waals surface area (Å²) in [5, 5.41) is 17.6. The molecule has 0 fully saturated rings. The van der Waals surface area contributed by atoms with Crippen molar-refractivity contribution in [3.8, 4) is 0 Å². The van der Waals surface area contributed by atoms with Crippen LogP contribution < -0.4 is 0 Å². The Morgan fingerprint density at radius 3 is 1.40 bits per heavy atom. The Balaban J connectivity index is 0. The Hall–Kier alpha value is -0.640. The molecule has 1 N–H and O–H groups in total. The highest BCUT2D eigenvalue weighted by Gasteiger charge is 1.99. The average molecular weight is 149 g/mol. The Morgan fingerprint density at radius 1 is 1.30 bits per heavy atom. The predicted octanol–water partition coefficient (Wildman–Crippen LogP) is 1.06. The Labute approximate surface area is 61.0 Å². The summed E-state index contributed by atoms with van der Waals surface area (Å²) in [6, 6.07) is -0.426. The molecule has 0 saturated carbocycles. The van der Waals surface area contributed by atoms with E-state index in [1.54, 1.807) is 27.7 Å². The molecule has 0 aliphatic heterocycles. The number of aliphatic hydroxyl groups excluding tert-OH is 1. The van der Waals surface area contributed by atoms with Crippen LogP contribution in [0.25, 0.3) is 0 Å². The molecular formula is C6H15NO3. The fraction of sp³-hybridized carbons (Fsp3) is 1.00. The molecule has 4 heteroatoms. The molecule has 0 unspecified atom stereocenters. The van der Waals surface area contributed by atoms with Crippen molar-refractivity contribution in [3.63, 3.8) is 0 Å². The molecular weight excluding hydrogens is 134 g/mol. The summed E-state index contributed by atoms with van der Waals surface area (Å²) in [5.41, 5.74) is 0. The molecule has 0 aliphatic carbocycles. The number of rotatable bonds is 1. The molecule has 62 valence electrons. The van der Waals surface area contributed by atoms with Gasteiger partial charge in [0.15, 0.2) is 0 Å². The standard InChI is InChI=1S/C3H7NO2.C3H8O/c1-3(2)4(5)6;1-3(2)4/h3H,1-2H3;3-4H,1-2H3. The first-order chi connectivity index (χ1) is 4.37. The number of nitrogens with zero attached hydrogens (tertiary/aromatic N) is 1. The summed E-state index contributed by atoms with van der Waals surface area (Å²) in [6.07, 6.45) is -0.167. The summed E-state index contributed by atoms with van der Waals surface area (Å²) >= 11 is 0. The molecule has 0 aromatic carbocycles. The van der Waals surface area contributed by atoms with Crippen LogP contribution in [0.2, 0.25) is 0 Å². The molecule has 10 heavy (non-hydrogen) atoms. The molecule has 0 spiro atoms. The highest BCUT2D eigenvalue weighted by molar-refractivity contribution is 4.28. The quantitative estimate of drug-likeness (QED) is 0.448. The van der Waals surface area contributed by atoms with Crippen LogP contribution >= 0.6 is 0 Å². The summed E-state index contributed by atoms with van der Waals surface area (Å²) in [7, 11) is 0. The third-order valence-corrected chi connectivity index (χ3v) is 0.422. The van der Waals surface area contributed by atoms with Crippen LogP contribution in [0.4, 0.5) is 0 Å². The Bertz CT molecular complexity index is 88.2. The van der Waals surface area contributed by atoms with E-state index in [2.05, 4.69) is 0 Å². The average Bonchev–Trinajstić information content (AvgIpc) is 1.63. The smallest absolute Gasteiger partial charge is 0.207 e. The molecule has 4 nitrogen and oxygen atoms in total. The third-order valence-electron chi connectivity index (χ3n) is 0.422. The van der Waals surface area contributed by atoms with E-state index in [4.69, 9.17) is 5.11 Å². The zero-order valence-electron chi connectivity index (χ0n) is 6.87. The van der Waals surface area contributed by atoms with Crippen LogP contribution in [0.15, 0.2) is 0 Å². The molecule has 0 heterocycles. The number of hydrogen-bond donors (Lipinski definition) is 1. The second-order valence-electron chi connectivity index (χ2n) is 2.47. The first kappa shape index (κ1) is 12.1. The summed E-state index contributed by atoms with van der Waals surface area (Å²) in [5.74, 6) is 0. The third kappa shape index (κ3) is 26.4. The van der Waals surface area contributed by atoms with Crippen LogP contribution in [0.1, 0.15) is 27.7 Å². The lowest BCUT2D eigenvalue weighted by atomic mass is 10.4. The SMILES string of the molecule is CC(C)O.CC(C)[N+](=O)[O-]. The van der Waals surface area contributed by atoms with Crippen molar-refractivity contribution in [2.75, 3.05) is 0 Å². The van der Waals surface area contributed by atoms with Crippen molar-refractivity contribution in [3.05, 3.63) is 10.1 Å². The minimum atomic E-state index is -0.426. The van der Waals surface area contributed by atoms with E-state index in [0.29, 0.717) is 0 Å². The van der Waals surface area contributed by atoms with Gasteiger partial charge in [-0.05, 0) is 13.8 Å². The highest BCUT2D eigenvalue weighted by Crippen LogP contribution is 1.79. The van der Waals surface area contributed by atoms with E-state index in [9.17, 15) is 10.1 Å². The van der Waals surface area contributed by atoms with Crippen LogP contribution in [-0.2, 0) is 0 Å². The highest BCUT2D eigenvalue weighted by atomic mass is 16.6. The second kappa shape index (κ2) is 6.48. The summed E-state index contributed by atoms with van der Waals surface area (Å²) in [4.78, 5) is 9.17. The minimum Gasteiger partial charge on any atom is -0.394 e. The topological polar surface area (TPSA) is 63.4 Å². The first-order valence-electron chi connectivity index (χ1n) is 3.19. The fourth-order valence-electron chi connectivity index (χ4n) is 0. The second-order valence-corrected chi connectivity index (χ2v) is 2.47. The number of aliphatic hydroxyl groups is 1. The molecule has 0 atom stereocenters. The van der Waals surface area contributed by atoms with E-state index in [-0.39, 0.29) is 11.0 Å². The van der Waals surface area contributed by atoms with Gasteiger partial charge in [0.2, 0.25) is 6.04 Å². The van der Waals surface area contributed by atoms with Crippen molar-refractivity contribution in [1.29, 1.82) is 0 Å². The lowest BCUT2D eigenvalue weighted by Gasteiger charge is -1.88. The van der Waals surface area contributed by atoms with Gasteiger partial charge in [-0.2, -0.15) is 0 Å². The maximum absolute atomic E-state index is 9.50. The van der Waals surface area contributed by atoms with Gasteiger partial charge >= 0.3 is 0 Å². The monoisotopic (exact) mass is 149 g/mol. The largest absolute Gasteiger partial charge is 0.394 e. The fourth-order valence-corrected chi connectivity index (χ4v) is 0. The zero-order chi connectivity index (χ0) is 8.73. The molecule has 0 aromatic heterocycles. The van der Waals surface area contributed by atoms with E-state index in [1.165, 1.54) is 0 Å². The maximum Gasteiger partial charge on any atom is 0.207 e. The number of nitro groups is 1.